The molecule has 0 aliphatic rings. The second-order valence-electron chi connectivity index (χ2n) is 4.06. The van der Waals surface area contributed by atoms with Crippen molar-refractivity contribution in [1.29, 1.82) is 0 Å². The molecule has 1 N–H and O–H groups in total. The lowest BCUT2D eigenvalue weighted by Crippen LogP contribution is -2.15. The molecule has 0 heterocycles. The fourth-order valence-electron chi connectivity index (χ4n) is 1.60. The molecule has 0 spiro atoms. The number of amides is 1. The SMILES string of the molecule is O=C(CCOc1ccccc1)Nc1c(Cl)cccc1Cl. The number of para-hydroxylation sites is 2. The van der Waals surface area contributed by atoms with Gasteiger partial charge < -0.3 is 10.1 Å². The minimum absolute atomic E-state index is 0.198. The minimum Gasteiger partial charge on any atom is -0.493 e. The maximum Gasteiger partial charge on any atom is 0.227 e. The molecule has 0 aliphatic carbocycles. The first-order valence-corrected chi connectivity index (χ1v) is 6.84. The molecule has 0 aliphatic heterocycles. The zero-order valence-corrected chi connectivity index (χ0v) is 12.1. The lowest BCUT2D eigenvalue weighted by molar-refractivity contribution is -0.116. The van der Waals surface area contributed by atoms with E-state index in [1.807, 2.05) is 30.3 Å². The molecule has 20 heavy (non-hydrogen) atoms. The molecule has 0 fully saturated rings. The van der Waals surface area contributed by atoms with Crippen molar-refractivity contribution < 1.29 is 9.53 Å². The quantitative estimate of drug-likeness (QED) is 0.889. The summed E-state index contributed by atoms with van der Waals surface area (Å²) in [5.41, 5.74) is 0.431. The van der Waals surface area contributed by atoms with Crippen LogP contribution in [-0.2, 0) is 4.79 Å². The average Bonchev–Trinajstić information content (AvgIpc) is 2.44. The fraction of sp³-hybridized carbons (Fsp3) is 0.133. The van der Waals surface area contributed by atoms with Gasteiger partial charge in [0.1, 0.15) is 5.75 Å². The van der Waals surface area contributed by atoms with Crippen LogP contribution in [-0.4, -0.2) is 12.5 Å². The van der Waals surface area contributed by atoms with E-state index in [9.17, 15) is 4.79 Å². The summed E-state index contributed by atoms with van der Waals surface area (Å²) in [6.45, 7) is 0.290. The maximum absolute atomic E-state index is 11.8. The Balaban J connectivity index is 1.84. The Hall–Kier alpha value is -1.71. The van der Waals surface area contributed by atoms with Gasteiger partial charge in [-0.15, -0.1) is 0 Å². The van der Waals surface area contributed by atoms with Crippen LogP contribution in [0.25, 0.3) is 0 Å². The van der Waals surface area contributed by atoms with Gasteiger partial charge in [-0.25, -0.2) is 0 Å². The van der Waals surface area contributed by atoms with Crippen molar-refractivity contribution in [2.45, 2.75) is 6.42 Å². The topological polar surface area (TPSA) is 38.3 Å². The van der Waals surface area contributed by atoms with Crippen LogP contribution in [0.1, 0.15) is 6.42 Å². The van der Waals surface area contributed by atoms with E-state index in [0.717, 1.165) is 5.75 Å². The summed E-state index contributed by atoms with van der Waals surface area (Å²) >= 11 is 11.9. The van der Waals surface area contributed by atoms with Crippen molar-refractivity contribution in [3.63, 3.8) is 0 Å². The Morgan fingerprint density at radius 3 is 2.30 bits per heavy atom. The number of halogens is 2. The molecule has 0 aromatic heterocycles. The van der Waals surface area contributed by atoms with Crippen molar-refractivity contribution in [3.8, 4) is 5.75 Å². The smallest absolute Gasteiger partial charge is 0.227 e. The highest BCUT2D eigenvalue weighted by Crippen LogP contribution is 2.29. The van der Waals surface area contributed by atoms with Crippen LogP contribution in [0, 0.1) is 0 Å². The Labute approximate surface area is 127 Å². The zero-order valence-electron chi connectivity index (χ0n) is 10.6. The molecule has 0 radical (unpaired) electrons. The first-order valence-electron chi connectivity index (χ1n) is 6.08. The largest absolute Gasteiger partial charge is 0.493 e. The summed E-state index contributed by atoms with van der Waals surface area (Å²) in [7, 11) is 0. The third kappa shape index (κ3) is 4.15. The van der Waals surface area contributed by atoms with Gasteiger partial charge >= 0.3 is 0 Å². The lowest BCUT2D eigenvalue weighted by Gasteiger charge is -2.09. The molecular weight excluding hydrogens is 297 g/mol. The fourth-order valence-corrected chi connectivity index (χ4v) is 2.09. The molecular formula is C15H13Cl2NO2. The lowest BCUT2D eigenvalue weighted by atomic mass is 10.3. The molecule has 0 atom stereocenters. The molecule has 2 aromatic carbocycles. The monoisotopic (exact) mass is 309 g/mol. The molecule has 2 rings (SSSR count). The number of ether oxygens (including phenoxy) is 1. The van der Waals surface area contributed by atoms with E-state index in [0.29, 0.717) is 15.7 Å². The zero-order chi connectivity index (χ0) is 14.4. The Morgan fingerprint density at radius 1 is 1.00 bits per heavy atom. The second-order valence-corrected chi connectivity index (χ2v) is 4.87. The standard InChI is InChI=1S/C15H13Cl2NO2/c16-12-7-4-8-13(17)15(12)18-14(19)9-10-20-11-5-2-1-3-6-11/h1-8H,9-10H2,(H,18,19). The van der Waals surface area contributed by atoms with E-state index < -0.39 is 0 Å². The number of nitrogens with one attached hydrogen (secondary N) is 1. The first kappa shape index (κ1) is 14.7. The average molecular weight is 310 g/mol. The molecule has 0 saturated heterocycles. The van der Waals surface area contributed by atoms with Gasteiger partial charge in [-0.2, -0.15) is 0 Å². The van der Waals surface area contributed by atoms with E-state index >= 15 is 0 Å². The van der Waals surface area contributed by atoms with Gasteiger partial charge in [-0.1, -0.05) is 47.5 Å². The van der Waals surface area contributed by atoms with Gasteiger partial charge in [0.2, 0.25) is 5.91 Å². The van der Waals surface area contributed by atoms with E-state index in [-0.39, 0.29) is 18.9 Å². The van der Waals surface area contributed by atoms with Crippen LogP contribution >= 0.6 is 23.2 Å². The number of carbonyl (C=O) groups is 1. The van der Waals surface area contributed by atoms with Crippen LogP contribution < -0.4 is 10.1 Å². The summed E-state index contributed by atoms with van der Waals surface area (Å²) in [6.07, 6.45) is 0.219. The van der Waals surface area contributed by atoms with E-state index in [4.69, 9.17) is 27.9 Å². The molecule has 5 heteroatoms. The number of benzene rings is 2. The van der Waals surface area contributed by atoms with Crippen molar-refractivity contribution >= 4 is 34.8 Å². The maximum atomic E-state index is 11.8. The van der Waals surface area contributed by atoms with Gasteiger partial charge in [0.05, 0.1) is 28.8 Å². The summed E-state index contributed by atoms with van der Waals surface area (Å²) in [6, 6.07) is 14.4. The Kier molecular flexibility index (Phi) is 5.27. The molecule has 0 saturated carbocycles. The highest BCUT2D eigenvalue weighted by molar-refractivity contribution is 6.39. The molecule has 104 valence electrons. The van der Waals surface area contributed by atoms with Crippen molar-refractivity contribution in [1.82, 2.24) is 0 Å². The number of rotatable bonds is 5. The Morgan fingerprint density at radius 2 is 1.65 bits per heavy atom. The van der Waals surface area contributed by atoms with E-state index in [2.05, 4.69) is 5.32 Å². The van der Waals surface area contributed by atoms with Gasteiger partial charge in [-0.3, -0.25) is 4.79 Å². The third-order valence-electron chi connectivity index (χ3n) is 2.57. The summed E-state index contributed by atoms with van der Waals surface area (Å²) in [5.74, 6) is 0.534. The normalized spacial score (nSPS) is 10.1. The van der Waals surface area contributed by atoms with Gasteiger partial charge in [0, 0.05) is 0 Å². The van der Waals surface area contributed by atoms with Crippen LogP contribution in [0.2, 0.25) is 10.0 Å². The second kappa shape index (κ2) is 7.17. The highest BCUT2D eigenvalue weighted by Gasteiger charge is 2.09. The van der Waals surface area contributed by atoms with Gasteiger partial charge in [-0.05, 0) is 24.3 Å². The van der Waals surface area contributed by atoms with Crippen LogP contribution in [0.3, 0.4) is 0 Å². The summed E-state index contributed by atoms with van der Waals surface area (Å²) < 4.78 is 5.45. The molecule has 1 amide bonds. The molecule has 0 unspecified atom stereocenters. The number of carbonyl (C=O) groups excluding carboxylic acids is 1. The predicted octanol–water partition coefficient (Wildman–Crippen LogP) is 4.40. The molecule has 0 bridgehead atoms. The van der Waals surface area contributed by atoms with Crippen molar-refractivity contribution in [2.75, 3.05) is 11.9 Å². The summed E-state index contributed by atoms with van der Waals surface area (Å²) in [5, 5.41) is 3.51. The highest BCUT2D eigenvalue weighted by atomic mass is 35.5. The van der Waals surface area contributed by atoms with E-state index in [1.54, 1.807) is 18.2 Å². The number of anilines is 1. The van der Waals surface area contributed by atoms with E-state index in [1.165, 1.54) is 0 Å². The van der Waals surface area contributed by atoms with Crippen LogP contribution in [0.4, 0.5) is 5.69 Å². The minimum atomic E-state index is -0.198. The van der Waals surface area contributed by atoms with Crippen molar-refractivity contribution in [2.24, 2.45) is 0 Å². The third-order valence-corrected chi connectivity index (χ3v) is 3.20. The Bertz CT molecular complexity index is 567. The predicted molar refractivity (Wildman–Crippen MR) is 81.6 cm³/mol. The van der Waals surface area contributed by atoms with Crippen molar-refractivity contribution in [3.05, 3.63) is 58.6 Å². The van der Waals surface area contributed by atoms with Gasteiger partial charge in [0.15, 0.2) is 0 Å². The molecule has 2 aromatic rings. The number of hydrogen-bond acceptors (Lipinski definition) is 2. The van der Waals surface area contributed by atoms with Crippen LogP contribution in [0.15, 0.2) is 48.5 Å². The van der Waals surface area contributed by atoms with Crippen LogP contribution in [0.5, 0.6) is 5.75 Å². The first-order chi connectivity index (χ1) is 9.66. The summed E-state index contributed by atoms with van der Waals surface area (Å²) in [4.78, 5) is 11.8. The number of hydrogen-bond donors (Lipinski definition) is 1. The molecule has 3 nitrogen and oxygen atoms in total. The van der Waals surface area contributed by atoms with Gasteiger partial charge in [0.25, 0.3) is 0 Å².